The molecule has 0 fully saturated rings. The van der Waals surface area contributed by atoms with Crippen molar-refractivity contribution in [3.8, 4) is 0 Å². The Balaban J connectivity index is 2.24. The van der Waals surface area contributed by atoms with Gasteiger partial charge in [0.05, 0.1) is 12.9 Å². The molecule has 1 N–H and O–H groups in total. The van der Waals surface area contributed by atoms with Gasteiger partial charge in [-0.05, 0) is 13.3 Å². The molecule has 0 saturated carbocycles. The zero-order valence-corrected chi connectivity index (χ0v) is 9.62. The molecule has 2 rings (SSSR count). The minimum absolute atomic E-state index is 0.0713. The maximum atomic E-state index is 12.6. The van der Waals surface area contributed by atoms with Crippen molar-refractivity contribution in [2.45, 2.75) is 32.1 Å². The van der Waals surface area contributed by atoms with E-state index >= 15 is 0 Å². The first-order valence-corrected chi connectivity index (χ1v) is 5.49. The molecule has 8 heteroatoms. The lowest BCUT2D eigenvalue weighted by Crippen LogP contribution is -2.41. The summed E-state index contributed by atoms with van der Waals surface area (Å²) < 4.78 is 44.1. The van der Waals surface area contributed by atoms with E-state index in [1.54, 1.807) is 6.92 Å². The monoisotopic (exact) mass is 263 g/mol. The smallest absolute Gasteiger partial charge is 0.408 e. The Labute approximate surface area is 101 Å². The molecular weight excluding hydrogens is 251 g/mol. The lowest BCUT2D eigenvalue weighted by Gasteiger charge is -2.28. The topological polar surface area (TPSA) is 56.1 Å². The van der Waals surface area contributed by atoms with Crippen LogP contribution in [0.4, 0.5) is 19.0 Å². The number of alkyl halides is 3. The molecule has 0 aromatic carbocycles. The largest absolute Gasteiger partial charge is 0.461 e. The number of carbonyl (C=O) groups is 1. The molecule has 18 heavy (non-hydrogen) atoms. The van der Waals surface area contributed by atoms with Gasteiger partial charge in [0.2, 0.25) is 0 Å². The van der Waals surface area contributed by atoms with E-state index < -0.39 is 18.2 Å². The Morgan fingerprint density at radius 1 is 1.67 bits per heavy atom. The summed E-state index contributed by atoms with van der Waals surface area (Å²) >= 11 is 0. The summed E-state index contributed by atoms with van der Waals surface area (Å²) in [7, 11) is 0. The molecule has 1 atom stereocenters. The number of halogens is 3. The lowest BCUT2D eigenvalue weighted by atomic mass is 10.1. The Kier molecular flexibility index (Phi) is 3.18. The van der Waals surface area contributed by atoms with E-state index in [0.717, 1.165) is 0 Å². The maximum absolute atomic E-state index is 12.6. The van der Waals surface area contributed by atoms with Crippen LogP contribution in [0.5, 0.6) is 0 Å². The van der Waals surface area contributed by atoms with Crippen LogP contribution in [0.25, 0.3) is 0 Å². The summed E-state index contributed by atoms with van der Waals surface area (Å²) in [6.45, 7) is 1.93. The zero-order valence-electron chi connectivity index (χ0n) is 9.62. The average molecular weight is 263 g/mol. The number of aryl methyl sites for hydroxylation is 1. The standard InChI is InChI=1S/C10H12F3N3O2/c1-2-18-9(17)7-8-15-6(10(11,12)13)3-4-16(8)5-14-7/h5-6,15H,2-4H2,1H3. The third kappa shape index (κ3) is 2.27. The van der Waals surface area contributed by atoms with Crippen LogP contribution in [0.3, 0.4) is 0 Å². The molecule has 0 amide bonds. The molecule has 1 aliphatic heterocycles. The summed E-state index contributed by atoms with van der Waals surface area (Å²) in [4.78, 5) is 15.3. The highest BCUT2D eigenvalue weighted by Gasteiger charge is 2.42. The van der Waals surface area contributed by atoms with Crippen molar-refractivity contribution < 1.29 is 22.7 Å². The van der Waals surface area contributed by atoms with E-state index in [-0.39, 0.29) is 31.1 Å². The molecule has 2 heterocycles. The van der Waals surface area contributed by atoms with Crippen molar-refractivity contribution in [3.63, 3.8) is 0 Å². The van der Waals surface area contributed by atoms with E-state index in [0.29, 0.717) is 0 Å². The fourth-order valence-corrected chi connectivity index (χ4v) is 1.80. The fraction of sp³-hybridized carbons (Fsp3) is 0.600. The van der Waals surface area contributed by atoms with E-state index in [9.17, 15) is 18.0 Å². The first kappa shape index (κ1) is 12.7. The molecule has 0 radical (unpaired) electrons. The van der Waals surface area contributed by atoms with Crippen molar-refractivity contribution in [2.75, 3.05) is 11.9 Å². The van der Waals surface area contributed by atoms with E-state index in [4.69, 9.17) is 4.74 Å². The van der Waals surface area contributed by atoms with Crippen LogP contribution >= 0.6 is 0 Å². The molecule has 1 aromatic heterocycles. The summed E-state index contributed by atoms with van der Waals surface area (Å²) in [5.74, 6) is -0.649. The van der Waals surface area contributed by atoms with Crippen LogP contribution in [0.1, 0.15) is 23.8 Å². The van der Waals surface area contributed by atoms with Crippen molar-refractivity contribution in [1.29, 1.82) is 0 Å². The van der Waals surface area contributed by atoms with Gasteiger partial charge in [-0.25, -0.2) is 9.78 Å². The first-order valence-electron chi connectivity index (χ1n) is 5.49. The lowest BCUT2D eigenvalue weighted by molar-refractivity contribution is -0.145. The number of carbonyl (C=O) groups excluding carboxylic acids is 1. The predicted molar refractivity (Wildman–Crippen MR) is 56.3 cm³/mol. The number of hydrogen-bond donors (Lipinski definition) is 1. The highest BCUT2D eigenvalue weighted by molar-refractivity contribution is 5.92. The third-order valence-corrected chi connectivity index (χ3v) is 2.67. The highest BCUT2D eigenvalue weighted by Crippen LogP contribution is 2.31. The molecule has 5 nitrogen and oxygen atoms in total. The van der Waals surface area contributed by atoms with Crippen LogP contribution in [-0.2, 0) is 11.3 Å². The molecule has 0 saturated heterocycles. The van der Waals surface area contributed by atoms with Gasteiger partial charge in [0.25, 0.3) is 0 Å². The van der Waals surface area contributed by atoms with Gasteiger partial charge in [-0.15, -0.1) is 0 Å². The molecule has 0 aliphatic carbocycles. The van der Waals surface area contributed by atoms with Gasteiger partial charge in [0.15, 0.2) is 5.69 Å². The fourth-order valence-electron chi connectivity index (χ4n) is 1.80. The second-order valence-electron chi connectivity index (χ2n) is 3.88. The summed E-state index contributed by atoms with van der Waals surface area (Å²) in [5.41, 5.74) is -0.106. The molecule has 1 unspecified atom stereocenters. The molecule has 0 bridgehead atoms. The first-order chi connectivity index (χ1) is 8.43. The summed E-state index contributed by atoms with van der Waals surface area (Å²) in [5, 5.41) is 2.30. The Bertz CT molecular complexity index is 456. The van der Waals surface area contributed by atoms with E-state index in [1.807, 2.05) is 0 Å². The summed E-state index contributed by atoms with van der Waals surface area (Å²) in [6, 6.07) is -1.66. The Morgan fingerprint density at radius 3 is 3.00 bits per heavy atom. The summed E-state index contributed by atoms with van der Waals surface area (Å²) in [6.07, 6.45) is -3.10. The Morgan fingerprint density at radius 2 is 2.39 bits per heavy atom. The molecular formula is C10H12F3N3O2. The van der Waals surface area contributed by atoms with Crippen LogP contribution in [0.15, 0.2) is 6.33 Å². The number of nitrogens with zero attached hydrogens (tertiary/aromatic N) is 2. The highest BCUT2D eigenvalue weighted by atomic mass is 19.4. The minimum Gasteiger partial charge on any atom is -0.461 e. The number of aromatic nitrogens is 2. The average Bonchev–Trinajstić information content (AvgIpc) is 2.70. The SMILES string of the molecule is CCOC(=O)c1ncn2c1NC(C(F)(F)F)CC2. The second-order valence-corrected chi connectivity index (χ2v) is 3.88. The van der Waals surface area contributed by atoms with Crippen molar-refractivity contribution in [3.05, 3.63) is 12.0 Å². The molecule has 100 valence electrons. The normalized spacial score (nSPS) is 19.0. The number of rotatable bonds is 2. The number of anilines is 1. The number of esters is 1. The van der Waals surface area contributed by atoms with Gasteiger partial charge in [-0.2, -0.15) is 13.2 Å². The number of fused-ring (bicyclic) bond motifs is 1. The van der Waals surface area contributed by atoms with E-state index in [2.05, 4.69) is 10.3 Å². The number of hydrogen-bond acceptors (Lipinski definition) is 4. The minimum atomic E-state index is -4.35. The van der Waals surface area contributed by atoms with Gasteiger partial charge < -0.3 is 14.6 Å². The molecule has 1 aliphatic rings. The van der Waals surface area contributed by atoms with Gasteiger partial charge in [-0.1, -0.05) is 0 Å². The zero-order chi connectivity index (χ0) is 13.3. The van der Waals surface area contributed by atoms with Crippen LogP contribution in [0.2, 0.25) is 0 Å². The van der Waals surface area contributed by atoms with Crippen LogP contribution in [-0.4, -0.2) is 34.3 Å². The van der Waals surface area contributed by atoms with Crippen LogP contribution < -0.4 is 5.32 Å². The quantitative estimate of drug-likeness (QED) is 0.827. The second kappa shape index (κ2) is 4.51. The number of imidazole rings is 1. The third-order valence-electron chi connectivity index (χ3n) is 2.67. The maximum Gasteiger partial charge on any atom is 0.408 e. The van der Waals surface area contributed by atoms with Gasteiger partial charge in [-0.3, -0.25) is 0 Å². The van der Waals surface area contributed by atoms with Gasteiger partial charge in [0, 0.05) is 6.54 Å². The van der Waals surface area contributed by atoms with E-state index in [1.165, 1.54) is 10.9 Å². The van der Waals surface area contributed by atoms with Gasteiger partial charge in [0.1, 0.15) is 11.9 Å². The van der Waals surface area contributed by atoms with Gasteiger partial charge >= 0.3 is 12.1 Å². The van der Waals surface area contributed by atoms with Crippen molar-refractivity contribution in [1.82, 2.24) is 9.55 Å². The van der Waals surface area contributed by atoms with Crippen molar-refractivity contribution in [2.24, 2.45) is 0 Å². The Hall–Kier alpha value is -1.73. The van der Waals surface area contributed by atoms with Crippen molar-refractivity contribution >= 4 is 11.8 Å². The molecule has 0 spiro atoms. The number of ether oxygens (including phenoxy) is 1. The number of nitrogens with one attached hydrogen (secondary N) is 1. The predicted octanol–water partition coefficient (Wildman–Crippen LogP) is 1.81. The molecule has 1 aromatic rings. The van der Waals surface area contributed by atoms with Crippen LogP contribution in [0, 0.1) is 0 Å².